The average molecular weight is 271 g/mol. The first kappa shape index (κ1) is 14.2. The van der Waals surface area contributed by atoms with Gasteiger partial charge in [0.1, 0.15) is 11.7 Å². The smallest absolute Gasteiger partial charge is 0.468 e. The minimum atomic E-state index is -1.81. The number of carboxylic acid groups (broad SMARTS) is 2. The Morgan fingerprint density at radius 2 is 1.89 bits per heavy atom. The highest BCUT2D eigenvalue weighted by atomic mass is 16.7. The molecular formula is C10H9NO8. The van der Waals surface area contributed by atoms with Gasteiger partial charge in [-0.2, -0.15) is 0 Å². The number of furan rings is 1. The molecule has 0 amide bonds. The topological polar surface area (TPSA) is 147 Å². The molecule has 19 heavy (non-hydrogen) atoms. The zero-order valence-corrected chi connectivity index (χ0v) is 9.36. The Hall–Kier alpha value is -2.84. The molecule has 0 fully saturated rings. The molecule has 0 saturated heterocycles. The van der Waals surface area contributed by atoms with Gasteiger partial charge in [-0.25, -0.2) is 9.59 Å². The zero-order valence-electron chi connectivity index (χ0n) is 9.36. The van der Waals surface area contributed by atoms with Crippen molar-refractivity contribution in [3.8, 4) is 0 Å². The molecule has 1 aromatic heterocycles. The van der Waals surface area contributed by atoms with Crippen LogP contribution in [0.15, 0.2) is 22.8 Å². The molecule has 1 rings (SSSR count). The van der Waals surface area contributed by atoms with Gasteiger partial charge in [0, 0.05) is 6.42 Å². The molecule has 0 bridgehead atoms. The van der Waals surface area contributed by atoms with Crippen molar-refractivity contribution in [2.45, 2.75) is 12.3 Å². The van der Waals surface area contributed by atoms with Crippen molar-refractivity contribution in [3.05, 3.63) is 24.2 Å². The summed E-state index contributed by atoms with van der Waals surface area (Å²) in [5.74, 6) is -3.18. The van der Waals surface area contributed by atoms with Crippen molar-refractivity contribution >= 4 is 24.2 Å². The molecule has 0 radical (unpaired) electrons. The number of hydrogen-bond acceptors (Lipinski definition) is 7. The van der Waals surface area contributed by atoms with E-state index in [2.05, 4.69) is 9.47 Å². The van der Waals surface area contributed by atoms with Gasteiger partial charge in [0.25, 0.3) is 0 Å². The van der Waals surface area contributed by atoms with Crippen molar-refractivity contribution in [3.63, 3.8) is 0 Å². The van der Waals surface area contributed by atoms with Crippen LogP contribution in [-0.4, -0.2) is 34.4 Å². The lowest BCUT2D eigenvalue weighted by Gasteiger charge is -2.11. The number of rotatable bonds is 4. The Labute approximate surface area is 105 Å². The fourth-order valence-corrected chi connectivity index (χ4v) is 1.28. The van der Waals surface area contributed by atoms with Crippen LogP contribution in [0.3, 0.4) is 0 Å². The van der Waals surface area contributed by atoms with Gasteiger partial charge >= 0.3 is 18.3 Å². The fraction of sp³-hybridized carbons (Fsp3) is 0.200. The van der Waals surface area contributed by atoms with Crippen molar-refractivity contribution in [1.29, 1.82) is 5.41 Å². The summed E-state index contributed by atoms with van der Waals surface area (Å²) in [6.45, 7) is 0. The van der Waals surface area contributed by atoms with Crippen molar-refractivity contribution in [1.82, 2.24) is 0 Å². The SMILES string of the molecule is N=C(CC(C(=O)OC(=O)O)c1ccco1)OC(=O)O. The van der Waals surface area contributed by atoms with E-state index in [1.165, 1.54) is 18.4 Å². The summed E-state index contributed by atoms with van der Waals surface area (Å²) in [5.41, 5.74) is 0. The van der Waals surface area contributed by atoms with Crippen LogP contribution in [0.5, 0.6) is 0 Å². The van der Waals surface area contributed by atoms with Crippen molar-refractivity contribution < 1.29 is 38.5 Å². The highest BCUT2D eigenvalue weighted by Gasteiger charge is 2.29. The summed E-state index contributed by atoms with van der Waals surface area (Å²) < 4.78 is 12.9. The molecule has 1 unspecified atom stereocenters. The monoisotopic (exact) mass is 271 g/mol. The third-order valence-corrected chi connectivity index (χ3v) is 1.96. The molecule has 1 atom stereocenters. The van der Waals surface area contributed by atoms with Gasteiger partial charge in [0.2, 0.25) is 0 Å². The van der Waals surface area contributed by atoms with E-state index in [9.17, 15) is 14.4 Å². The largest absolute Gasteiger partial charge is 0.513 e. The Kier molecular flexibility index (Phi) is 4.63. The lowest BCUT2D eigenvalue weighted by atomic mass is 10.0. The van der Waals surface area contributed by atoms with E-state index in [-0.39, 0.29) is 5.76 Å². The van der Waals surface area contributed by atoms with Gasteiger partial charge in [-0.1, -0.05) is 0 Å². The Bertz CT molecular complexity index is 492. The molecule has 9 nitrogen and oxygen atoms in total. The molecule has 3 N–H and O–H groups in total. The van der Waals surface area contributed by atoms with Crippen LogP contribution in [0.25, 0.3) is 0 Å². The normalized spacial score (nSPS) is 11.4. The van der Waals surface area contributed by atoms with Crippen LogP contribution in [-0.2, 0) is 14.3 Å². The third-order valence-electron chi connectivity index (χ3n) is 1.96. The van der Waals surface area contributed by atoms with Crippen LogP contribution < -0.4 is 0 Å². The van der Waals surface area contributed by atoms with E-state index < -0.39 is 36.5 Å². The van der Waals surface area contributed by atoms with E-state index in [0.717, 1.165) is 0 Å². The zero-order chi connectivity index (χ0) is 14.4. The van der Waals surface area contributed by atoms with Crippen molar-refractivity contribution in [2.75, 3.05) is 0 Å². The number of nitrogens with one attached hydrogen (secondary N) is 1. The van der Waals surface area contributed by atoms with Crippen molar-refractivity contribution in [2.24, 2.45) is 0 Å². The molecule has 9 heteroatoms. The summed E-state index contributed by atoms with van der Waals surface area (Å²) >= 11 is 0. The summed E-state index contributed by atoms with van der Waals surface area (Å²) in [7, 11) is 0. The lowest BCUT2D eigenvalue weighted by Crippen LogP contribution is -2.22. The first-order valence-electron chi connectivity index (χ1n) is 4.86. The second-order valence-electron chi connectivity index (χ2n) is 3.25. The molecule has 0 aliphatic heterocycles. The summed E-state index contributed by atoms with van der Waals surface area (Å²) in [6, 6.07) is 2.81. The first-order chi connectivity index (χ1) is 8.90. The predicted molar refractivity (Wildman–Crippen MR) is 57.0 cm³/mol. The molecule has 0 aliphatic carbocycles. The van der Waals surface area contributed by atoms with Gasteiger partial charge < -0.3 is 24.1 Å². The second kappa shape index (κ2) is 6.19. The maximum absolute atomic E-state index is 11.5. The third kappa shape index (κ3) is 4.50. The van der Waals surface area contributed by atoms with Gasteiger partial charge in [0.15, 0.2) is 5.90 Å². The number of hydrogen-bond donors (Lipinski definition) is 3. The quantitative estimate of drug-likeness (QED) is 0.324. The highest BCUT2D eigenvalue weighted by molar-refractivity contribution is 5.91. The van der Waals surface area contributed by atoms with Crippen LogP contribution in [0.4, 0.5) is 9.59 Å². The number of carbonyl (C=O) groups is 3. The fourth-order valence-electron chi connectivity index (χ4n) is 1.28. The van der Waals surface area contributed by atoms with E-state index in [0.29, 0.717) is 0 Å². The van der Waals surface area contributed by atoms with E-state index in [4.69, 9.17) is 20.0 Å². The van der Waals surface area contributed by atoms with Gasteiger partial charge in [-0.15, -0.1) is 0 Å². The number of esters is 1. The summed E-state index contributed by atoms with van der Waals surface area (Å²) in [4.78, 5) is 32.0. The molecule has 0 aromatic carbocycles. The average Bonchev–Trinajstić information content (AvgIpc) is 2.76. The number of ether oxygens (including phenoxy) is 2. The summed E-state index contributed by atoms with van der Waals surface area (Å²) in [6.07, 6.45) is -2.80. The summed E-state index contributed by atoms with van der Waals surface area (Å²) in [5, 5.41) is 23.9. The second-order valence-corrected chi connectivity index (χ2v) is 3.25. The maximum atomic E-state index is 11.5. The van der Waals surface area contributed by atoms with Gasteiger partial charge in [-0.3, -0.25) is 10.2 Å². The van der Waals surface area contributed by atoms with E-state index in [1.807, 2.05) is 0 Å². The molecule has 0 saturated carbocycles. The van der Waals surface area contributed by atoms with Gasteiger partial charge in [0.05, 0.1) is 6.26 Å². The molecule has 0 aliphatic rings. The minimum Gasteiger partial charge on any atom is -0.468 e. The minimum absolute atomic E-state index is 0.0324. The number of carbonyl (C=O) groups excluding carboxylic acids is 1. The van der Waals surface area contributed by atoms with Gasteiger partial charge in [-0.05, 0) is 12.1 Å². The highest BCUT2D eigenvalue weighted by Crippen LogP contribution is 2.22. The standard InChI is InChI=1S/C10H9NO8/c11-7(18-9(13)14)4-5(6-2-1-3-17-6)8(12)19-10(15)16/h1-3,5,11H,4H2,(H,13,14)(H,15,16). The van der Waals surface area contributed by atoms with E-state index >= 15 is 0 Å². The lowest BCUT2D eigenvalue weighted by molar-refractivity contribution is -0.141. The maximum Gasteiger partial charge on any atom is 0.513 e. The van der Waals surface area contributed by atoms with Crippen LogP contribution >= 0.6 is 0 Å². The molecular weight excluding hydrogens is 262 g/mol. The Morgan fingerprint density at radius 1 is 1.26 bits per heavy atom. The predicted octanol–water partition coefficient (Wildman–Crippen LogP) is 1.65. The molecule has 102 valence electrons. The van der Waals surface area contributed by atoms with Crippen LogP contribution in [0.1, 0.15) is 18.1 Å². The molecule has 0 spiro atoms. The van der Waals surface area contributed by atoms with Crippen LogP contribution in [0.2, 0.25) is 0 Å². The Balaban J connectivity index is 2.82. The van der Waals surface area contributed by atoms with E-state index in [1.54, 1.807) is 0 Å². The molecule has 1 aromatic rings. The Morgan fingerprint density at radius 3 is 2.37 bits per heavy atom. The van der Waals surface area contributed by atoms with Crippen LogP contribution in [0, 0.1) is 5.41 Å². The molecule has 1 heterocycles. The first-order valence-corrected chi connectivity index (χ1v) is 4.86.